The molecule has 1 fully saturated rings. The quantitative estimate of drug-likeness (QED) is 0.268. The van der Waals surface area contributed by atoms with Crippen LogP contribution in [0.15, 0.2) is 72.6 Å². The number of benzene rings is 2. The van der Waals surface area contributed by atoms with Gasteiger partial charge in [0.2, 0.25) is 0 Å². The van der Waals surface area contributed by atoms with E-state index in [0.717, 1.165) is 11.6 Å². The van der Waals surface area contributed by atoms with Crippen LogP contribution in [-0.4, -0.2) is 39.8 Å². The van der Waals surface area contributed by atoms with Gasteiger partial charge in [-0.3, -0.25) is 14.6 Å². The Morgan fingerprint density at radius 2 is 1.71 bits per heavy atom. The van der Waals surface area contributed by atoms with E-state index in [2.05, 4.69) is 4.98 Å². The molecule has 2 heterocycles. The van der Waals surface area contributed by atoms with Gasteiger partial charge in [-0.1, -0.05) is 24.3 Å². The number of likely N-dealkylation sites (tertiary alicyclic amines) is 1. The Kier molecular flexibility index (Phi) is 6.23. The van der Waals surface area contributed by atoms with E-state index >= 15 is 0 Å². The van der Waals surface area contributed by atoms with Crippen LogP contribution in [0.25, 0.3) is 5.76 Å². The van der Waals surface area contributed by atoms with Gasteiger partial charge in [-0.15, -0.1) is 0 Å². The maximum Gasteiger partial charge on any atom is 0.337 e. The third-order valence-electron chi connectivity index (χ3n) is 5.74. The number of methoxy groups -OCH3 is 1. The molecule has 0 radical (unpaired) electrons. The first-order valence-corrected chi connectivity index (χ1v) is 10.4. The number of carbonyl (C=O) groups excluding carboxylic acids is 3. The summed E-state index contributed by atoms with van der Waals surface area (Å²) in [5, 5.41) is 11.0. The zero-order valence-electron chi connectivity index (χ0n) is 18.5. The lowest BCUT2D eigenvalue weighted by Gasteiger charge is -2.25. The molecule has 0 aliphatic carbocycles. The number of nitrogens with zero attached hydrogens (tertiary/aromatic N) is 2. The van der Waals surface area contributed by atoms with Gasteiger partial charge in [0.25, 0.3) is 11.7 Å². The third-order valence-corrected chi connectivity index (χ3v) is 5.74. The molecule has 2 aromatic carbocycles. The molecule has 1 amide bonds. The molecule has 7 nitrogen and oxygen atoms in total. The number of esters is 1. The van der Waals surface area contributed by atoms with Crippen molar-refractivity contribution in [2.24, 2.45) is 0 Å². The second-order valence-corrected chi connectivity index (χ2v) is 7.86. The highest BCUT2D eigenvalue weighted by Gasteiger charge is 2.46. The summed E-state index contributed by atoms with van der Waals surface area (Å²) in [4.78, 5) is 43.3. The number of ether oxygens (including phenoxy) is 1. The number of halogens is 1. The minimum atomic E-state index is -0.954. The Morgan fingerprint density at radius 3 is 2.32 bits per heavy atom. The molecule has 0 spiro atoms. The molecule has 1 aliphatic rings. The fourth-order valence-electron chi connectivity index (χ4n) is 3.89. The lowest BCUT2D eigenvalue weighted by Crippen LogP contribution is -2.29. The first-order chi connectivity index (χ1) is 16.3. The van der Waals surface area contributed by atoms with Crippen LogP contribution in [0.1, 0.15) is 38.7 Å². The number of hydrogen-bond donors (Lipinski definition) is 1. The molecule has 1 saturated heterocycles. The number of hydrogen-bond acceptors (Lipinski definition) is 6. The van der Waals surface area contributed by atoms with Crippen LogP contribution in [0.2, 0.25) is 0 Å². The average molecular weight is 460 g/mol. The van der Waals surface area contributed by atoms with Crippen molar-refractivity contribution in [1.29, 1.82) is 0 Å². The van der Waals surface area contributed by atoms with E-state index in [4.69, 9.17) is 4.74 Å². The van der Waals surface area contributed by atoms with E-state index in [9.17, 15) is 23.9 Å². The smallest absolute Gasteiger partial charge is 0.337 e. The van der Waals surface area contributed by atoms with Crippen LogP contribution in [0.3, 0.4) is 0 Å². The lowest BCUT2D eigenvalue weighted by molar-refractivity contribution is -0.140. The van der Waals surface area contributed by atoms with E-state index in [1.807, 2.05) is 0 Å². The minimum Gasteiger partial charge on any atom is -0.507 e. The molecule has 1 unspecified atom stereocenters. The summed E-state index contributed by atoms with van der Waals surface area (Å²) >= 11 is 0. The standard InChI is InChI=1S/C26H21FN2O5/c1-15-3-4-19(13-20(15)27)23(30)21-22(17-5-7-18(8-6-17)26(33)34-2)29(25(32)24(21)31)14-16-9-11-28-12-10-16/h3-13,22,30H,14H2,1-2H3/b23-21+. The fourth-order valence-corrected chi connectivity index (χ4v) is 3.89. The zero-order valence-corrected chi connectivity index (χ0v) is 18.5. The molecule has 8 heteroatoms. The summed E-state index contributed by atoms with van der Waals surface area (Å²) in [6, 6.07) is 12.8. The number of carbonyl (C=O) groups is 3. The minimum absolute atomic E-state index is 0.0789. The van der Waals surface area contributed by atoms with Gasteiger partial charge < -0.3 is 14.7 Å². The molecule has 4 rings (SSSR count). The van der Waals surface area contributed by atoms with Crippen LogP contribution in [-0.2, 0) is 20.9 Å². The number of rotatable bonds is 5. The van der Waals surface area contributed by atoms with Crippen LogP contribution in [0.4, 0.5) is 4.39 Å². The van der Waals surface area contributed by atoms with Crippen molar-refractivity contribution in [1.82, 2.24) is 9.88 Å². The van der Waals surface area contributed by atoms with Crippen molar-refractivity contribution in [2.75, 3.05) is 7.11 Å². The van der Waals surface area contributed by atoms with Gasteiger partial charge in [-0.2, -0.15) is 0 Å². The van der Waals surface area contributed by atoms with E-state index in [0.29, 0.717) is 11.1 Å². The van der Waals surface area contributed by atoms with Gasteiger partial charge in [0.15, 0.2) is 0 Å². The molecule has 172 valence electrons. The molecule has 1 N–H and O–H groups in total. The highest BCUT2D eigenvalue weighted by Crippen LogP contribution is 2.40. The average Bonchev–Trinajstić information content (AvgIpc) is 3.10. The normalized spacial score (nSPS) is 17.1. The van der Waals surface area contributed by atoms with E-state index in [1.54, 1.807) is 43.6 Å². The monoisotopic (exact) mass is 460 g/mol. The van der Waals surface area contributed by atoms with Gasteiger partial charge in [-0.05, 0) is 53.9 Å². The Morgan fingerprint density at radius 1 is 1.06 bits per heavy atom. The third kappa shape index (κ3) is 4.17. The molecular weight excluding hydrogens is 439 g/mol. The number of Topliss-reactive ketones (excluding diaryl/α,β-unsaturated/α-hetero) is 1. The molecule has 0 saturated carbocycles. The first kappa shape index (κ1) is 22.8. The number of pyridine rings is 1. The van der Waals surface area contributed by atoms with E-state index in [-0.39, 0.29) is 23.2 Å². The predicted octanol–water partition coefficient (Wildman–Crippen LogP) is 3.94. The Balaban J connectivity index is 1.86. The van der Waals surface area contributed by atoms with Crippen molar-refractivity contribution in [3.8, 4) is 0 Å². The van der Waals surface area contributed by atoms with Crippen molar-refractivity contribution in [3.05, 3.63) is 106 Å². The molecule has 1 aromatic heterocycles. The maximum absolute atomic E-state index is 14.2. The molecule has 1 aliphatic heterocycles. The van der Waals surface area contributed by atoms with Gasteiger partial charge in [0.05, 0.1) is 24.3 Å². The predicted molar refractivity (Wildman–Crippen MR) is 121 cm³/mol. The van der Waals surface area contributed by atoms with Crippen molar-refractivity contribution in [3.63, 3.8) is 0 Å². The van der Waals surface area contributed by atoms with Crippen LogP contribution >= 0.6 is 0 Å². The maximum atomic E-state index is 14.2. The molecule has 34 heavy (non-hydrogen) atoms. The Labute approximate surface area is 195 Å². The van der Waals surface area contributed by atoms with E-state index in [1.165, 1.54) is 36.3 Å². The number of aromatic nitrogens is 1. The number of aliphatic hydroxyl groups excluding tert-OH is 1. The molecular formula is C26H21FN2O5. The Hall–Kier alpha value is -4.33. The summed E-state index contributed by atoms with van der Waals surface area (Å²) in [6.45, 7) is 1.66. The van der Waals surface area contributed by atoms with Crippen molar-refractivity contribution in [2.45, 2.75) is 19.5 Å². The summed E-state index contributed by atoms with van der Waals surface area (Å²) in [5.41, 5.74) is 1.82. The highest BCUT2D eigenvalue weighted by molar-refractivity contribution is 6.46. The van der Waals surface area contributed by atoms with Gasteiger partial charge in [0, 0.05) is 24.5 Å². The lowest BCUT2D eigenvalue weighted by atomic mass is 9.94. The van der Waals surface area contributed by atoms with Crippen LogP contribution in [0, 0.1) is 12.7 Å². The Bertz CT molecular complexity index is 1300. The summed E-state index contributed by atoms with van der Waals surface area (Å²) < 4.78 is 18.9. The number of amides is 1. The van der Waals surface area contributed by atoms with Gasteiger partial charge in [0.1, 0.15) is 11.6 Å². The molecule has 0 bridgehead atoms. The zero-order chi connectivity index (χ0) is 24.4. The fraction of sp³-hybridized carbons (Fsp3) is 0.154. The van der Waals surface area contributed by atoms with Gasteiger partial charge in [-0.25, -0.2) is 9.18 Å². The van der Waals surface area contributed by atoms with Crippen molar-refractivity contribution >= 4 is 23.4 Å². The van der Waals surface area contributed by atoms with E-state index < -0.39 is 35.3 Å². The first-order valence-electron chi connectivity index (χ1n) is 10.4. The van der Waals surface area contributed by atoms with Crippen molar-refractivity contribution < 1.29 is 28.6 Å². The summed E-state index contributed by atoms with van der Waals surface area (Å²) in [5.74, 6) is -3.24. The van der Waals surface area contributed by atoms with Crippen LogP contribution < -0.4 is 0 Å². The second-order valence-electron chi connectivity index (χ2n) is 7.86. The molecule has 3 aromatic rings. The summed E-state index contributed by atoms with van der Waals surface area (Å²) in [7, 11) is 1.26. The summed E-state index contributed by atoms with van der Waals surface area (Å²) in [6.07, 6.45) is 3.14. The number of aryl methyl sites for hydroxylation is 1. The highest BCUT2D eigenvalue weighted by atomic mass is 19.1. The van der Waals surface area contributed by atoms with Gasteiger partial charge >= 0.3 is 5.97 Å². The van der Waals surface area contributed by atoms with Crippen LogP contribution in [0.5, 0.6) is 0 Å². The molecule has 1 atom stereocenters. The largest absolute Gasteiger partial charge is 0.507 e. The topological polar surface area (TPSA) is 96.8 Å². The number of aliphatic hydroxyl groups is 1. The number of ketones is 1. The SMILES string of the molecule is COC(=O)c1ccc(C2/C(=C(\O)c3ccc(C)c(F)c3)C(=O)C(=O)N2Cc2ccncc2)cc1. The second kappa shape index (κ2) is 9.27.